The zero-order valence-corrected chi connectivity index (χ0v) is 9.30. The van der Waals surface area contributed by atoms with Crippen LogP contribution < -0.4 is 16.4 Å². The Morgan fingerprint density at radius 3 is 1.73 bits per heavy atom. The number of primary amides is 1. The quantitative estimate of drug-likeness (QED) is 0.520. The predicted octanol–water partition coefficient (Wildman–Crippen LogP) is -0.270. The van der Waals surface area contributed by atoms with Crippen molar-refractivity contribution in [3.8, 4) is 0 Å². The third kappa shape index (κ3) is 5.59. The highest BCUT2D eigenvalue weighted by Gasteiger charge is 2.11. The molecule has 2 aliphatic rings. The fraction of sp³-hybridized carbons (Fsp3) is 0.900. The summed E-state index contributed by atoms with van der Waals surface area (Å²) in [6.45, 7) is 5.72. The van der Waals surface area contributed by atoms with Gasteiger partial charge in [0.05, 0.1) is 0 Å². The number of nitrogens with two attached hydrogens (primary N) is 1. The number of hydrogen-bond donors (Lipinski definition) is 3. The van der Waals surface area contributed by atoms with Crippen molar-refractivity contribution in [1.82, 2.24) is 15.5 Å². The van der Waals surface area contributed by atoms with Crippen LogP contribution in [0.4, 0.5) is 4.79 Å². The maximum absolute atomic E-state index is 10.5. The van der Waals surface area contributed by atoms with E-state index < -0.39 is 0 Å². The normalized spacial score (nSPS) is 21.5. The number of hydrogen-bond acceptors (Lipinski definition) is 3. The van der Waals surface area contributed by atoms with E-state index >= 15 is 0 Å². The Bertz CT molecular complexity index is 165. The van der Waals surface area contributed by atoms with E-state index in [-0.39, 0.29) is 6.03 Å². The Kier molecular flexibility index (Phi) is 6.11. The van der Waals surface area contributed by atoms with Gasteiger partial charge in [-0.15, -0.1) is 0 Å². The van der Waals surface area contributed by atoms with Crippen molar-refractivity contribution in [2.24, 2.45) is 5.73 Å². The van der Waals surface area contributed by atoms with E-state index in [9.17, 15) is 4.79 Å². The molecule has 0 aromatic carbocycles. The second-order valence-electron chi connectivity index (χ2n) is 3.89. The number of nitrogens with one attached hydrogen (secondary N) is 2. The number of amides is 2. The Morgan fingerprint density at radius 2 is 1.47 bits per heavy atom. The summed E-state index contributed by atoms with van der Waals surface area (Å²) in [6.07, 6.45) is 4.22. The average Bonchev–Trinajstić information content (AvgIpc) is 2.33. The molecule has 0 aromatic heterocycles. The van der Waals surface area contributed by atoms with Gasteiger partial charge in [0, 0.05) is 26.2 Å². The summed E-state index contributed by atoms with van der Waals surface area (Å²) in [5, 5.41) is 6.40. The van der Waals surface area contributed by atoms with Gasteiger partial charge in [-0.25, -0.2) is 4.79 Å². The standard InChI is InChI=1S/C5H11N3O.C5H11N/c6-5(9)8-3-1-7-2-4-8;1-2-4-6-5-3-1/h7H,1-4H2,(H2,6,9);6H,1-5H2. The van der Waals surface area contributed by atoms with Crippen molar-refractivity contribution in [3.63, 3.8) is 0 Å². The lowest BCUT2D eigenvalue weighted by Crippen LogP contribution is -2.48. The zero-order valence-electron chi connectivity index (χ0n) is 9.30. The first-order chi connectivity index (χ1) is 7.30. The molecule has 0 saturated carbocycles. The highest BCUT2D eigenvalue weighted by atomic mass is 16.2. The summed E-state index contributed by atoms with van der Waals surface area (Å²) >= 11 is 0. The van der Waals surface area contributed by atoms with E-state index in [1.165, 1.54) is 32.4 Å². The van der Waals surface area contributed by atoms with Gasteiger partial charge in [0.2, 0.25) is 0 Å². The third-order valence-corrected chi connectivity index (χ3v) is 2.64. The molecule has 88 valence electrons. The molecule has 0 unspecified atom stereocenters. The number of carbonyl (C=O) groups is 1. The summed E-state index contributed by atoms with van der Waals surface area (Å²) in [5.74, 6) is 0. The molecule has 2 amide bonds. The molecule has 0 aliphatic carbocycles. The molecule has 15 heavy (non-hydrogen) atoms. The second kappa shape index (κ2) is 7.48. The first-order valence-corrected chi connectivity index (χ1v) is 5.76. The SMILES string of the molecule is C1CCNCC1.NC(=O)N1CCNCC1. The topological polar surface area (TPSA) is 70.4 Å². The molecular formula is C10H22N4O. The molecular weight excluding hydrogens is 192 g/mol. The molecule has 0 radical (unpaired) electrons. The Morgan fingerprint density at radius 1 is 0.933 bits per heavy atom. The lowest BCUT2D eigenvalue weighted by Gasteiger charge is -2.25. The van der Waals surface area contributed by atoms with E-state index in [4.69, 9.17) is 5.73 Å². The molecule has 2 aliphatic heterocycles. The Balaban J connectivity index is 0.000000162. The molecule has 2 saturated heterocycles. The van der Waals surface area contributed by atoms with Gasteiger partial charge in [-0.3, -0.25) is 0 Å². The smallest absolute Gasteiger partial charge is 0.314 e. The van der Waals surface area contributed by atoms with Gasteiger partial charge in [0.15, 0.2) is 0 Å². The van der Waals surface area contributed by atoms with Crippen molar-refractivity contribution < 1.29 is 4.79 Å². The van der Waals surface area contributed by atoms with E-state index in [0.29, 0.717) is 0 Å². The van der Waals surface area contributed by atoms with Gasteiger partial charge in [0.25, 0.3) is 0 Å². The van der Waals surface area contributed by atoms with Crippen LogP contribution in [0.3, 0.4) is 0 Å². The highest BCUT2D eigenvalue weighted by molar-refractivity contribution is 5.72. The molecule has 2 heterocycles. The molecule has 5 heteroatoms. The fourth-order valence-electron chi connectivity index (χ4n) is 1.69. The van der Waals surface area contributed by atoms with Crippen LogP contribution in [0.15, 0.2) is 0 Å². The average molecular weight is 214 g/mol. The fourth-order valence-corrected chi connectivity index (χ4v) is 1.69. The zero-order chi connectivity index (χ0) is 10.9. The van der Waals surface area contributed by atoms with E-state index in [2.05, 4.69) is 10.6 Å². The van der Waals surface area contributed by atoms with E-state index in [1.54, 1.807) is 4.90 Å². The minimum Gasteiger partial charge on any atom is -0.351 e. The minimum absolute atomic E-state index is 0.309. The van der Waals surface area contributed by atoms with Crippen LogP contribution in [-0.2, 0) is 0 Å². The van der Waals surface area contributed by atoms with Crippen LogP contribution in [0.25, 0.3) is 0 Å². The first-order valence-electron chi connectivity index (χ1n) is 5.76. The van der Waals surface area contributed by atoms with Gasteiger partial charge in [-0.1, -0.05) is 6.42 Å². The summed E-state index contributed by atoms with van der Waals surface area (Å²) in [4.78, 5) is 12.1. The molecule has 2 fully saturated rings. The minimum atomic E-state index is -0.309. The van der Waals surface area contributed by atoms with Crippen LogP contribution >= 0.6 is 0 Å². The van der Waals surface area contributed by atoms with E-state index in [1.807, 2.05) is 0 Å². The molecule has 0 atom stereocenters. The van der Waals surface area contributed by atoms with Crippen molar-refractivity contribution in [1.29, 1.82) is 0 Å². The molecule has 4 N–H and O–H groups in total. The van der Waals surface area contributed by atoms with E-state index in [0.717, 1.165) is 26.2 Å². The van der Waals surface area contributed by atoms with Gasteiger partial charge in [-0.05, 0) is 25.9 Å². The molecule has 5 nitrogen and oxygen atoms in total. The maximum Gasteiger partial charge on any atom is 0.314 e. The van der Waals surface area contributed by atoms with Gasteiger partial charge < -0.3 is 21.3 Å². The highest BCUT2D eigenvalue weighted by Crippen LogP contribution is 1.96. The number of carbonyl (C=O) groups excluding carboxylic acids is 1. The largest absolute Gasteiger partial charge is 0.351 e. The molecule has 0 aromatic rings. The number of rotatable bonds is 0. The predicted molar refractivity (Wildman–Crippen MR) is 60.7 cm³/mol. The van der Waals surface area contributed by atoms with Crippen LogP contribution in [-0.4, -0.2) is 50.2 Å². The van der Waals surface area contributed by atoms with Crippen LogP contribution in [0.2, 0.25) is 0 Å². The number of urea groups is 1. The maximum atomic E-state index is 10.5. The monoisotopic (exact) mass is 214 g/mol. The third-order valence-electron chi connectivity index (χ3n) is 2.64. The lowest BCUT2D eigenvalue weighted by atomic mass is 10.2. The van der Waals surface area contributed by atoms with Gasteiger partial charge in [-0.2, -0.15) is 0 Å². The van der Waals surface area contributed by atoms with Crippen molar-refractivity contribution in [2.75, 3.05) is 39.3 Å². The molecule has 2 rings (SSSR count). The number of piperidine rings is 1. The summed E-state index contributed by atoms with van der Waals surface area (Å²) < 4.78 is 0. The van der Waals surface area contributed by atoms with Crippen LogP contribution in [0, 0.1) is 0 Å². The number of nitrogens with zero attached hydrogens (tertiary/aromatic N) is 1. The van der Waals surface area contributed by atoms with Crippen LogP contribution in [0.5, 0.6) is 0 Å². The summed E-state index contributed by atoms with van der Waals surface area (Å²) in [7, 11) is 0. The van der Waals surface area contributed by atoms with Gasteiger partial charge >= 0.3 is 6.03 Å². The summed E-state index contributed by atoms with van der Waals surface area (Å²) in [6, 6.07) is -0.309. The van der Waals surface area contributed by atoms with Crippen molar-refractivity contribution in [2.45, 2.75) is 19.3 Å². The van der Waals surface area contributed by atoms with Crippen molar-refractivity contribution >= 4 is 6.03 Å². The van der Waals surface area contributed by atoms with Gasteiger partial charge in [0.1, 0.15) is 0 Å². The Labute approximate surface area is 91.4 Å². The summed E-state index contributed by atoms with van der Waals surface area (Å²) in [5.41, 5.74) is 5.03. The molecule has 0 bridgehead atoms. The first kappa shape index (κ1) is 12.3. The second-order valence-corrected chi connectivity index (χ2v) is 3.89. The number of piperazine rings is 1. The van der Waals surface area contributed by atoms with Crippen molar-refractivity contribution in [3.05, 3.63) is 0 Å². The lowest BCUT2D eigenvalue weighted by molar-refractivity contribution is 0.200. The molecule has 0 spiro atoms. The Hall–Kier alpha value is -0.810. The van der Waals surface area contributed by atoms with Crippen LogP contribution in [0.1, 0.15) is 19.3 Å².